The van der Waals surface area contributed by atoms with Crippen molar-refractivity contribution in [1.29, 1.82) is 0 Å². The number of hydrogen-bond donors (Lipinski definition) is 1. The van der Waals surface area contributed by atoms with Crippen LogP contribution in [0.25, 0.3) is 0 Å². The van der Waals surface area contributed by atoms with Crippen molar-refractivity contribution in [2.45, 2.75) is 12.6 Å². The molecule has 0 aromatic carbocycles. The summed E-state index contributed by atoms with van der Waals surface area (Å²) in [7, 11) is 0. The topological polar surface area (TPSA) is 38.3 Å². The predicted molar refractivity (Wildman–Crippen MR) is 26.0 cm³/mol. The van der Waals surface area contributed by atoms with Crippen molar-refractivity contribution in [1.82, 2.24) is 5.32 Å². The highest BCUT2D eigenvalue weighted by molar-refractivity contribution is 5.85. The van der Waals surface area contributed by atoms with E-state index in [-0.39, 0.29) is 18.1 Å². The van der Waals surface area contributed by atoms with Crippen LogP contribution in [0.15, 0.2) is 0 Å². The second-order valence-corrected chi connectivity index (χ2v) is 2.20. The molecule has 0 bridgehead atoms. The molecule has 0 saturated carbocycles. The molecule has 3 nitrogen and oxygen atoms in total. The van der Waals surface area contributed by atoms with Gasteiger partial charge in [0, 0.05) is 0 Å². The van der Waals surface area contributed by atoms with Gasteiger partial charge in [0.25, 0.3) is 0 Å². The maximum Gasteiger partial charge on any atom is 0.229 e. The summed E-state index contributed by atoms with van der Waals surface area (Å²) in [4.78, 5) is 10.5. The van der Waals surface area contributed by atoms with Crippen molar-refractivity contribution in [3.63, 3.8) is 0 Å². The van der Waals surface area contributed by atoms with Crippen LogP contribution in [0, 0.1) is 5.92 Å². The molecule has 3 heteroatoms. The second kappa shape index (κ2) is 1.23. The zero-order valence-electron chi connectivity index (χ0n) is 4.39. The Hall–Kier alpha value is -0.570. The lowest BCUT2D eigenvalue weighted by molar-refractivity contribution is -0.142. The fraction of sp³-hybridized carbons (Fsp3) is 0.800. The van der Waals surface area contributed by atoms with Crippen LogP contribution in [0.1, 0.15) is 6.42 Å². The first-order valence-electron chi connectivity index (χ1n) is 2.80. The SMILES string of the molecule is O=C1N[C@H]2OCC[C@@H]12. The van der Waals surface area contributed by atoms with Crippen molar-refractivity contribution in [2.24, 2.45) is 5.92 Å². The summed E-state index contributed by atoms with van der Waals surface area (Å²) < 4.78 is 5.09. The van der Waals surface area contributed by atoms with E-state index >= 15 is 0 Å². The monoisotopic (exact) mass is 113 g/mol. The van der Waals surface area contributed by atoms with E-state index < -0.39 is 0 Å². The first kappa shape index (κ1) is 4.32. The first-order valence-corrected chi connectivity index (χ1v) is 2.80. The van der Waals surface area contributed by atoms with Gasteiger partial charge in [-0.1, -0.05) is 0 Å². The van der Waals surface area contributed by atoms with E-state index in [2.05, 4.69) is 5.32 Å². The van der Waals surface area contributed by atoms with Gasteiger partial charge in [-0.05, 0) is 6.42 Å². The van der Waals surface area contributed by atoms with Gasteiger partial charge in [-0.3, -0.25) is 4.79 Å². The number of hydrogen-bond acceptors (Lipinski definition) is 2. The zero-order valence-corrected chi connectivity index (χ0v) is 4.39. The average Bonchev–Trinajstić information content (AvgIpc) is 2.09. The highest BCUT2D eigenvalue weighted by Crippen LogP contribution is 2.25. The number of carbonyl (C=O) groups excluding carboxylic acids is 1. The summed E-state index contributed by atoms with van der Waals surface area (Å²) in [6.07, 6.45) is 0.985. The van der Waals surface area contributed by atoms with Crippen LogP contribution in [0.5, 0.6) is 0 Å². The normalized spacial score (nSPS) is 42.8. The molecule has 2 fully saturated rings. The number of ether oxygens (including phenoxy) is 1. The molecule has 44 valence electrons. The summed E-state index contributed by atoms with van der Waals surface area (Å²) >= 11 is 0. The summed E-state index contributed by atoms with van der Waals surface area (Å²) in [5, 5.41) is 2.64. The van der Waals surface area contributed by atoms with Crippen LogP contribution >= 0.6 is 0 Å². The van der Waals surface area contributed by atoms with Crippen molar-refractivity contribution >= 4 is 5.91 Å². The van der Waals surface area contributed by atoms with Gasteiger partial charge in [0.05, 0.1) is 12.5 Å². The molecule has 0 radical (unpaired) electrons. The van der Waals surface area contributed by atoms with Gasteiger partial charge in [-0.15, -0.1) is 0 Å². The average molecular weight is 113 g/mol. The molecular formula is C5H7NO2. The van der Waals surface area contributed by atoms with Crippen LogP contribution in [-0.4, -0.2) is 18.7 Å². The Labute approximate surface area is 47.0 Å². The molecule has 0 aliphatic carbocycles. The van der Waals surface area contributed by atoms with E-state index in [1.165, 1.54) is 0 Å². The van der Waals surface area contributed by atoms with Gasteiger partial charge >= 0.3 is 0 Å². The Kier molecular flexibility index (Phi) is 0.663. The second-order valence-electron chi connectivity index (χ2n) is 2.20. The lowest BCUT2D eigenvalue weighted by Gasteiger charge is -2.28. The van der Waals surface area contributed by atoms with Gasteiger partial charge in [-0.2, -0.15) is 0 Å². The lowest BCUT2D eigenvalue weighted by atomic mass is 9.99. The van der Waals surface area contributed by atoms with E-state index in [4.69, 9.17) is 4.74 Å². The number of β-lactam (4-membered cyclic amide) rings is 1. The van der Waals surface area contributed by atoms with E-state index in [0.29, 0.717) is 0 Å². The van der Waals surface area contributed by atoms with Crippen LogP contribution < -0.4 is 5.32 Å². The molecule has 2 saturated heterocycles. The molecule has 2 aliphatic heterocycles. The molecule has 0 spiro atoms. The van der Waals surface area contributed by atoms with Crippen LogP contribution in [0.3, 0.4) is 0 Å². The van der Waals surface area contributed by atoms with E-state index in [9.17, 15) is 4.79 Å². The minimum atomic E-state index is 0.0718. The fourth-order valence-corrected chi connectivity index (χ4v) is 1.15. The highest BCUT2D eigenvalue weighted by Gasteiger charge is 2.43. The zero-order chi connectivity index (χ0) is 5.56. The quantitative estimate of drug-likeness (QED) is 0.429. The molecule has 1 amide bonds. The van der Waals surface area contributed by atoms with Gasteiger partial charge in [0.15, 0.2) is 0 Å². The van der Waals surface area contributed by atoms with Crippen LogP contribution in [0.4, 0.5) is 0 Å². The van der Waals surface area contributed by atoms with E-state index in [0.717, 1.165) is 13.0 Å². The van der Waals surface area contributed by atoms with Gasteiger partial charge in [-0.25, -0.2) is 0 Å². The first-order chi connectivity index (χ1) is 3.88. The third-order valence-electron chi connectivity index (χ3n) is 1.71. The van der Waals surface area contributed by atoms with E-state index in [1.54, 1.807) is 0 Å². The van der Waals surface area contributed by atoms with Crippen LogP contribution in [0.2, 0.25) is 0 Å². The Morgan fingerprint density at radius 1 is 1.75 bits per heavy atom. The standard InChI is InChI=1S/C5H7NO2/c7-4-3-1-2-8-5(3)6-4/h3,5H,1-2H2,(H,6,7)/t3-,5-/m0/s1. The lowest BCUT2D eigenvalue weighted by Crippen LogP contribution is -2.55. The predicted octanol–water partition coefficient (Wildman–Crippen LogP) is -0.521. The van der Waals surface area contributed by atoms with Crippen LogP contribution in [-0.2, 0) is 9.53 Å². The van der Waals surface area contributed by atoms with Gasteiger partial charge in [0.2, 0.25) is 5.91 Å². The minimum Gasteiger partial charge on any atom is -0.358 e. The molecule has 2 rings (SSSR count). The fourth-order valence-electron chi connectivity index (χ4n) is 1.15. The maximum absolute atomic E-state index is 10.5. The largest absolute Gasteiger partial charge is 0.358 e. The third-order valence-corrected chi connectivity index (χ3v) is 1.71. The van der Waals surface area contributed by atoms with Gasteiger partial charge < -0.3 is 10.1 Å². The third kappa shape index (κ3) is 0.351. The number of amides is 1. The molecule has 0 aromatic heterocycles. The maximum atomic E-state index is 10.5. The molecule has 0 aromatic rings. The van der Waals surface area contributed by atoms with E-state index in [1.807, 2.05) is 0 Å². The molecule has 2 atom stereocenters. The molecule has 0 unspecified atom stereocenters. The van der Waals surface area contributed by atoms with Crippen molar-refractivity contribution < 1.29 is 9.53 Å². The summed E-state index contributed by atoms with van der Waals surface area (Å²) in [5.74, 6) is 0.350. The molecule has 1 N–H and O–H groups in total. The number of fused-ring (bicyclic) bond motifs is 1. The van der Waals surface area contributed by atoms with Crippen molar-refractivity contribution in [3.8, 4) is 0 Å². The smallest absolute Gasteiger partial charge is 0.229 e. The number of carbonyl (C=O) groups is 1. The number of rotatable bonds is 0. The Morgan fingerprint density at radius 2 is 2.62 bits per heavy atom. The summed E-state index contributed by atoms with van der Waals surface area (Å²) in [6.45, 7) is 0.744. The van der Waals surface area contributed by atoms with Gasteiger partial charge in [0.1, 0.15) is 6.23 Å². The highest BCUT2D eigenvalue weighted by atomic mass is 16.5. The molecule has 2 aliphatic rings. The summed E-state index contributed by atoms with van der Waals surface area (Å²) in [5.41, 5.74) is 0. The Morgan fingerprint density at radius 3 is 3.12 bits per heavy atom. The molecule has 2 heterocycles. The van der Waals surface area contributed by atoms with Crippen molar-refractivity contribution in [2.75, 3.05) is 6.61 Å². The molecular weight excluding hydrogens is 106 g/mol. The Bertz CT molecular complexity index is 134. The summed E-state index contributed by atoms with van der Waals surface area (Å²) in [6, 6.07) is 0. The minimum absolute atomic E-state index is 0.0718. The van der Waals surface area contributed by atoms with Crippen molar-refractivity contribution in [3.05, 3.63) is 0 Å². The Balaban J connectivity index is 2.11. The molecule has 8 heavy (non-hydrogen) atoms. The number of nitrogens with one attached hydrogen (secondary N) is 1.